The summed E-state index contributed by atoms with van der Waals surface area (Å²) in [4.78, 5) is 0. The largest absolute Gasteiger partial charge is 0.0765 e. The maximum Gasteiger partial charge on any atom is 0.0697 e. The van der Waals surface area contributed by atoms with Gasteiger partial charge in [-0.3, -0.25) is 0 Å². The molecule has 0 aliphatic heterocycles. The summed E-state index contributed by atoms with van der Waals surface area (Å²) in [5, 5.41) is 0. The normalized spacial score (nSPS) is 11.6. The van der Waals surface area contributed by atoms with E-state index >= 15 is 0 Å². The van der Waals surface area contributed by atoms with Gasteiger partial charge in [-0.2, -0.15) is 0 Å². The van der Waals surface area contributed by atoms with E-state index in [1.807, 2.05) is 0 Å². The Morgan fingerprint density at radius 1 is 0.542 bits per heavy atom. The zero-order valence-corrected chi connectivity index (χ0v) is 20.8. The molecule has 0 radical (unpaired) electrons. The average molecular weight is 590 g/mol. The molecule has 0 amide bonds. The topological polar surface area (TPSA) is 0 Å². The van der Waals surface area contributed by atoms with Crippen molar-refractivity contribution in [3.05, 3.63) is 35.4 Å². The zero-order chi connectivity index (χ0) is 17.6. The minimum absolute atomic E-state index is 0.487. The van der Waals surface area contributed by atoms with E-state index < -0.39 is 0 Å². The SMILES string of the molecule is BrC(Br)CCCCCCc1ccccc1CCCCCCC(Br)Br. The van der Waals surface area contributed by atoms with Crippen molar-refractivity contribution in [3.63, 3.8) is 0 Å². The Balaban J connectivity index is 2.19. The lowest BCUT2D eigenvalue weighted by molar-refractivity contribution is 0.620. The Kier molecular flexibility index (Phi) is 14.7. The number of rotatable bonds is 14. The van der Waals surface area contributed by atoms with Crippen LogP contribution in [0.25, 0.3) is 0 Å². The first-order valence-electron chi connectivity index (χ1n) is 9.22. The first kappa shape index (κ1) is 23.2. The van der Waals surface area contributed by atoms with Crippen molar-refractivity contribution in [2.24, 2.45) is 0 Å². The molecule has 24 heavy (non-hydrogen) atoms. The number of halogens is 4. The number of hydrogen-bond acceptors (Lipinski definition) is 0. The monoisotopic (exact) mass is 586 g/mol. The highest BCUT2D eigenvalue weighted by Gasteiger charge is 2.03. The summed E-state index contributed by atoms with van der Waals surface area (Å²) < 4.78 is 0.973. The lowest BCUT2D eigenvalue weighted by atomic mass is 9.96. The smallest absolute Gasteiger partial charge is 0.0697 e. The highest BCUT2D eigenvalue weighted by Crippen LogP contribution is 2.20. The van der Waals surface area contributed by atoms with Crippen molar-refractivity contribution in [3.8, 4) is 0 Å². The van der Waals surface area contributed by atoms with Crippen LogP contribution in [0.1, 0.15) is 75.3 Å². The lowest BCUT2D eigenvalue weighted by Crippen LogP contribution is -1.96. The van der Waals surface area contributed by atoms with Gasteiger partial charge in [0.05, 0.1) is 7.47 Å². The maximum absolute atomic E-state index is 3.55. The van der Waals surface area contributed by atoms with Gasteiger partial charge in [0.15, 0.2) is 0 Å². The zero-order valence-electron chi connectivity index (χ0n) is 14.5. The van der Waals surface area contributed by atoms with Gasteiger partial charge in [-0.15, -0.1) is 0 Å². The minimum atomic E-state index is 0.487. The maximum atomic E-state index is 3.55. The Morgan fingerprint density at radius 3 is 1.29 bits per heavy atom. The number of unbranched alkanes of at least 4 members (excludes halogenated alkanes) is 6. The molecule has 1 rings (SSSR count). The van der Waals surface area contributed by atoms with Gasteiger partial charge in [-0.25, -0.2) is 0 Å². The van der Waals surface area contributed by atoms with Gasteiger partial charge in [-0.05, 0) is 49.7 Å². The highest BCUT2D eigenvalue weighted by molar-refractivity contribution is 9.25. The second kappa shape index (κ2) is 15.2. The number of alkyl halides is 4. The molecule has 138 valence electrons. The van der Waals surface area contributed by atoms with E-state index in [-0.39, 0.29) is 0 Å². The van der Waals surface area contributed by atoms with Gasteiger partial charge < -0.3 is 0 Å². The van der Waals surface area contributed by atoms with Crippen molar-refractivity contribution in [1.82, 2.24) is 0 Å². The summed E-state index contributed by atoms with van der Waals surface area (Å²) >= 11 is 14.2. The third kappa shape index (κ3) is 12.5. The van der Waals surface area contributed by atoms with Crippen molar-refractivity contribution in [2.45, 2.75) is 84.5 Å². The highest BCUT2D eigenvalue weighted by atomic mass is 79.9. The van der Waals surface area contributed by atoms with E-state index in [4.69, 9.17) is 0 Å². The molecule has 0 unspecified atom stereocenters. The number of aryl methyl sites for hydroxylation is 2. The molecule has 1 aromatic carbocycles. The Labute approximate surface area is 182 Å². The summed E-state index contributed by atoms with van der Waals surface area (Å²) in [6.07, 6.45) is 15.6. The van der Waals surface area contributed by atoms with Crippen molar-refractivity contribution in [2.75, 3.05) is 0 Å². The lowest BCUT2D eigenvalue weighted by Gasteiger charge is -2.10. The van der Waals surface area contributed by atoms with Crippen LogP contribution in [0, 0.1) is 0 Å². The molecule has 1 aromatic rings. The first-order chi connectivity index (χ1) is 11.6. The molecule has 4 heteroatoms. The molecule has 0 N–H and O–H groups in total. The second-order valence-electron chi connectivity index (χ2n) is 6.46. The van der Waals surface area contributed by atoms with Crippen molar-refractivity contribution in [1.29, 1.82) is 0 Å². The van der Waals surface area contributed by atoms with Crippen LogP contribution < -0.4 is 0 Å². The van der Waals surface area contributed by atoms with Crippen LogP contribution in [0.5, 0.6) is 0 Å². The minimum Gasteiger partial charge on any atom is -0.0765 e. The molecule has 0 nitrogen and oxygen atoms in total. The van der Waals surface area contributed by atoms with Gasteiger partial charge in [-0.1, -0.05) is 127 Å². The fourth-order valence-corrected chi connectivity index (χ4v) is 4.28. The number of hydrogen-bond donors (Lipinski definition) is 0. The summed E-state index contributed by atoms with van der Waals surface area (Å²) in [6, 6.07) is 9.07. The molecule has 0 saturated heterocycles. The quantitative estimate of drug-likeness (QED) is 0.150. The van der Waals surface area contributed by atoms with Gasteiger partial charge in [0.1, 0.15) is 0 Å². The average Bonchev–Trinajstić information content (AvgIpc) is 2.54. The van der Waals surface area contributed by atoms with Crippen LogP contribution in [-0.2, 0) is 12.8 Å². The molecule has 0 aromatic heterocycles. The van der Waals surface area contributed by atoms with Crippen LogP contribution >= 0.6 is 63.7 Å². The molecular formula is C20H30Br4. The fourth-order valence-electron chi connectivity index (χ4n) is 2.98. The van der Waals surface area contributed by atoms with Crippen LogP contribution in [-0.4, -0.2) is 7.47 Å². The van der Waals surface area contributed by atoms with Gasteiger partial charge >= 0.3 is 0 Å². The predicted octanol–water partition coefficient (Wildman–Crippen LogP) is 8.90. The van der Waals surface area contributed by atoms with Gasteiger partial charge in [0.2, 0.25) is 0 Å². The standard InChI is InChI=1S/C20H30Br4/c21-19(22)15-7-3-1-5-11-17-13-9-10-14-18(17)12-6-2-4-8-16-20(23)24/h9-10,13-14,19-20H,1-8,11-12,15-16H2. The first-order valence-corrected chi connectivity index (χ1v) is 12.9. The molecule has 0 saturated carbocycles. The molecule has 0 aliphatic carbocycles. The van der Waals surface area contributed by atoms with Crippen LogP contribution in [0.3, 0.4) is 0 Å². The van der Waals surface area contributed by atoms with Gasteiger partial charge in [0, 0.05) is 0 Å². The molecule has 0 aliphatic rings. The van der Waals surface area contributed by atoms with E-state index in [2.05, 4.69) is 88.0 Å². The van der Waals surface area contributed by atoms with Crippen LogP contribution in [0.2, 0.25) is 0 Å². The molecule has 0 spiro atoms. The van der Waals surface area contributed by atoms with Gasteiger partial charge in [0.25, 0.3) is 0 Å². The Bertz CT molecular complexity index is 379. The van der Waals surface area contributed by atoms with E-state index in [0.717, 1.165) is 0 Å². The van der Waals surface area contributed by atoms with Crippen LogP contribution in [0.4, 0.5) is 0 Å². The summed E-state index contributed by atoms with van der Waals surface area (Å²) in [5.74, 6) is 0. The Hall–Kier alpha value is 1.14. The molecule has 0 atom stereocenters. The predicted molar refractivity (Wildman–Crippen MR) is 123 cm³/mol. The third-order valence-electron chi connectivity index (χ3n) is 4.36. The van der Waals surface area contributed by atoms with E-state index in [0.29, 0.717) is 7.47 Å². The molecule has 0 bridgehead atoms. The fraction of sp³-hybridized carbons (Fsp3) is 0.700. The molecule has 0 fully saturated rings. The summed E-state index contributed by atoms with van der Waals surface area (Å²) in [6.45, 7) is 0. The number of benzene rings is 1. The second-order valence-corrected chi connectivity index (χ2v) is 13.3. The van der Waals surface area contributed by atoms with Crippen LogP contribution in [0.15, 0.2) is 24.3 Å². The Morgan fingerprint density at radius 2 is 0.917 bits per heavy atom. The third-order valence-corrected chi connectivity index (χ3v) is 6.19. The van der Waals surface area contributed by atoms with E-state index in [1.165, 1.54) is 77.0 Å². The van der Waals surface area contributed by atoms with Crippen molar-refractivity contribution < 1.29 is 0 Å². The van der Waals surface area contributed by atoms with E-state index in [1.54, 1.807) is 11.1 Å². The summed E-state index contributed by atoms with van der Waals surface area (Å²) in [7, 11) is 0. The molecule has 0 heterocycles. The summed E-state index contributed by atoms with van der Waals surface area (Å²) in [5.41, 5.74) is 3.16. The molecular weight excluding hydrogens is 560 g/mol. The van der Waals surface area contributed by atoms with Crippen molar-refractivity contribution >= 4 is 63.7 Å². The van der Waals surface area contributed by atoms with E-state index in [9.17, 15) is 0 Å².